The van der Waals surface area contributed by atoms with Crippen molar-refractivity contribution in [2.75, 3.05) is 0 Å². The van der Waals surface area contributed by atoms with Gasteiger partial charge in [0.1, 0.15) is 0 Å². The first-order chi connectivity index (χ1) is 8.49. The van der Waals surface area contributed by atoms with E-state index in [1.165, 1.54) is 0 Å². The highest BCUT2D eigenvalue weighted by Gasteiger charge is 2.38. The maximum absolute atomic E-state index is 11.9. The van der Waals surface area contributed by atoms with E-state index in [4.69, 9.17) is 11.6 Å². The number of hydrogen-bond donors (Lipinski definition) is 1. The summed E-state index contributed by atoms with van der Waals surface area (Å²) >= 11 is 5.98. The summed E-state index contributed by atoms with van der Waals surface area (Å²) in [5.74, 6) is -0.457. The van der Waals surface area contributed by atoms with Gasteiger partial charge >= 0.3 is 0 Å². The van der Waals surface area contributed by atoms with E-state index in [9.17, 15) is 9.59 Å². The van der Waals surface area contributed by atoms with Crippen molar-refractivity contribution in [3.8, 4) is 0 Å². The number of halogens is 1. The second kappa shape index (κ2) is 5.11. The van der Waals surface area contributed by atoms with Crippen molar-refractivity contribution in [2.24, 2.45) is 11.8 Å². The standard InChI is InChI=1S/C14H16ClNO2/c1-8(2)13-11(7-12(17)16-14(13)18)9-4-3-5-10(15)6-9/h3-6,8,11,13H,7H2,1-2H3,(H,16,17,18). The van der Waals surface area contributed by atoms with Gasteiger partial charge in [-0.05, 0) is 23.6 Å². The van der Waals surface area contributed by atoms with E-state index in [2.05, 4.69) is 5.32 Å². The molecule has 2 amide bonds. The van der Waals surface area contributed by atoms with Crippen molar-refractivity contribution in [2.45, 2.75) is 26.2 Å². The van der Waals surface area contributed by atoms with E-state index in [-0.39, 0.29) is 29.6 Å². The van der Waals surface area contributed by atoms with Crippen LogP contribution in [0.25, 0.3) is 0 Å². The Morgan fingerprint density at radius 3 is 2.67 bits per heavy atom. The van der Waals surface area contributed by atoms with Crippen LogP contribution < -0.4 is 5.32 Å². The van der Waals surface area contributed by atoms with Gasteiger partial charge in [-0.1, -0.05) is 37.6 Å². The summed E-state index contributed by atoms with van der Waals surface area (Å²) in [5.41, 5.74) is 0.962. The van der Waals surface area contributed by atoms with Crippen LogP contribution in [0.5, 0.6) is 0 Å². The molecule has 0 saturated carbocycles. The first-order valence-corrected chi connectivity index (χ1v) is 6.46. The molecule has 1 aliphatic heterocycles. The van der Waals surface area contributed by atoms with Gasteiger partial charge in [0.2, 0.25) is 11.8 Å². The number of carbonyl (C=O) groups is 2. The van der Waals surface area contributed by atoms with Gasteiger partial charge in [0.05, 0.1) is 0 Å². The van der Waals surface area contributed by atoms with E-state index in [1.807, 2.05) is 32.0 Å². The minimum Gasteiger partial charge on any atom is -0.296 e. The van der Waals surface area contributed by atoms with Gasteiger partial charge in [-0.3, -0.25) is 14.9 Å². The van der Waals surface area contributed by atoms with E-state index in [0.29, 0.717) is 11.4 Å². The molecule has 1 N–H and O–H groups in total. The maximum Gasteiger partial charge on any atom is 0.230 e. The highest BCUT2D eigenvalue weighted by Crippen LogP contribution is 2.36. The molecule has 0 bridgehead atoms. The molecule has 4 heteroatoms. The van der Waals surface area contributed by atoms with Gasteiger partial charge in [-0.25, -0.2) is 0 Å². The van der Waals surface area contributed by atoms with Crippen LogP contribution in [0.15, 0.2) is 24.3 Å². The smallest absolute Gasteiger partial charge is 0.230 e. The first-order valence-electron chi connectivity index (χ1n) is 6.08. The number of imide groups is 1. The Balaban J connectivity index is 2.38. The van der Waals surface area contributed by atoms with Crippen LogP contribution in [0.2, 0.25) is 5.02 Å². The molecule has 18 heavy (non-hydrogen) atoms. The molecule has 2 atom stereocenters. The number of carbonyl (C=O) groups excluding carboxylic acids is 2. The lowest BCUT2D eigenvalue weighted by Gasteiger charge is -2.33. The zero-order valence-electron chi connectivity index (χ0n) is 10.4. The summed E-state index contributed by atoms with van der Waals surface area (Å²) < 4.78 is 0. The van der Waals surface area contributed by atoms with Gasteiger partial charge in [0.25, 0.3) is 0 Å². The van der Waals surface area contributed by atoms with Crippen LogP contribution in [0.4, 0.5) is 0 Å². The van der Waals surface area contributed by atoms with Crippen molar-refractivity contribution in [3.05, 3.63) is 34.9 Å². The van der Waals surface area contributed by atoms with Crippen LogP contribution in [0, 0.1) is 11.8 Å². The summed E-state index contributed by atoms with van der Waals surface area (Å²) in [6.07, 6.45) is 0.342. The third-order valence-electron chi connectivity index (χ3n) is 3.40. The Morgan fingerprint density at radius 2 is 2.06 bits per heavy atom. The monoisotopic (exact) mass is 265 g/mol. The number of amides is 2. The molecule has 0 spiro atoms. The normalized spacial score (nSPS) is 24.2. The molecule has 1 heterocycles. The van der Waals surface area contributed by atoms with E-state index < -0.39 is 0 Å². The largest absolute Gasteiger partial charge is 0.296 e. The molecular weight excluding hydrogens is 250 g/mol. The Hall–Kier alpha value is -1.35. The lowest BCUT2D eigenvalue weighted by atomic mass is 9.75. The molecule has 1 aliphatic rings. The third-order valence-corrected chi connectivity index (χ3v) is 3.63. The van der Waals surface area contributed by atoms with Crippen LogP contribution in [-0.4, -0.2) is 11.8 Å². The minimum atomic E-state index is -0.207. The highest BCUT2D eigenvalue weighted by atomic mass is 35.5. The summed E-state index contributed by atoms with van der Waals surface area (Å²) in [6, 6.07) is 7.41. The average molecular weight is 266 g/mol. The molecule has 1 saturated heterocycles. The highest BCUT2D eigenvalue weighted by molar-refractivity contribution is 6.30. The fourth-order valence-corrected chi connectivity index (χ4v) is 2.81. The van der Waals surface area contributed by atoms with Crippen LogP contribution in [0.3, 0.4) is 0 Å². The fraction of sp³-hybridized carbons (Fsp3) is 0.429. The van der Waals surface area contributed by atoms with Crippen LogP contribution in [0.1, 0.15) is 31.7 Å². The molecule has 2 unspecified atom stereocenters. The zero-order valence-corrected chi connectivity index (χ0v) is 11.2. The Labute approximate surface area is 112 Å². The summed E-state index contributed by atoms with van der Waals surface area (Å²) in [5, 5.41) is 3.05. The molecule has 1 aromatic carbocycles. The molecule has 0 aromatic heterocycles. The van der Waals surface area contributed by atoms with Crippen LogP contribution >= 0.6 is 11.6 Å². The van der Waals surface area contributed by atoms with Crippen molar-refractivity contribution in [3.63, 3.8) is 0 Å². The predicted molar refractivity (Wildman–Crippen MR) is 70.3 cm³/mol. The molecule has 0 aliphatic carbocycles. The van der Waals surface area contributed by atoms with Crippen molar-refractivity contribution < 1.29 is 9.59 Å². The second-order valence-electron chi connectivity index (χ2n) is 5.05. The maximum atomic E-state index is 11.9. The van der Waals surface area contributed by atoms with E-state index >= 15 is 0 Å². The van der Waals surface area contributed by atoms with E-state index in [1.54, 1.807) is 6.07 Å². The van der Waals surface area contributed by atoms with E-state index in [0.717, 1.165) is 5.56 Å². The summed E-state index contributed by atoms with van der Waals surface area (Å²) in [6.45, 7) is 4.00. The van der Waals surface area contributed by atoms with Gasteiger partial charge < -0.3 is 0 Å². The molecule has 1 aromatic rings. The lowest BCUT2D eigenvalue weighted by Crippen LogP contribution is -2.46. The van der Waals surface area contributed by atoms with Gasteiger partial charge in [-0.2, -0.15) is 0 Å². The molecule has 2 rings (SSSR count). The number of hydrogen-bond acceptors (Lipinski definition) is 2. The molecular formula is C14H16ClNO2. The number of nitrogens with one attached hydrogen (secondary N) is 1. The third kappa shape index (κ3) is 2.56. The fourth-order valence-electron chi connectivity index (χ4n) is 2.61. The van der Waals surface area contributed by atoms with Crippen LogP contribution in [-0.2, 0) is 9.59 Å². The minimum absolute atomic E-state index is 0.0788. The van der Waals surface area contributed by atoms with Crippen molar-refractivity contribution >= 4 is 23.4 Å². The Morgan fingerprint density at radius 1 is 1.33 bits per heavy atom. The summed E-state index contributed by atoms with van der Waals surface area (Å²) in [4.78, 5) is 23.5. The quantitative estimate of drug-likeness (QED) is 0.836. The molecule has 3 nitrogen and oxygen atoms in total. The van der Waals surface area contributed by atoms with Gasteiger partial charge in [0, 0.05) is 23.3 Å². The predicted octanol–water partition coefficient (Wildman–Crippen LogP) is 2.74. The zero-order chi connectivity index (χ0) is 13.3. The summed E-state index contributed by atoms with van der Waals surface area (Å²) in [7, 11) is 0. The topological polar surface area (TPSA) is 46.2 Å². The SMILES string of the molecule is CC(C)C1C(=O)NC(=O)CC1c1cccc(Cl)c1. The van der Waals surface area contributed by atoms with Gasteiger partial charge in [-0.15, -0.1) is 0 Å². The number of benzene rings is 1. The molecule has 1 fully saturated rings. The second-order valence-corrected chi connectivity index (χ2v) is 5.48. The van der Waals surface area contributed by atoms with Gasteiger partial charge in [0.15, 0.2) is 0 Å². The average Bonchev–Trinajstić information content (AvgIpc) is 2.27. The van der Waals surface area contributed by atoms with Crippen molar-refractivity contribution in [1.82, 2.24) is 5.32 Å². The number of piperidine rings is 1. The van der Waals surface area contributed by atoms with Crippen molar-refractivity contribution in [1.29, 1.82) is 0 Å². The molecule has 96 valence electrons. The lowest BCUT2D eigenvalue weighted by molar-refractivity contribution is -0.138. The molecule has 0 radical (unpaired) electrons. The Kier molecular flexibility index (Phi) is 3.71. The first kappa shape index (κ1) is 13.1. The Bertz CT molecular complexity index is 484. The number of rotatable bonds is 2.